The lowest BCUT2D eigenvalue weighted by Crippen LogP contribution is -1.96. The maximum absolute atomic E-state index is 13.6. The Bertz CT molecular complexity index is 764. The van der Waals surface area contributed by atoms with Gasteiger partial charge >= 0.3 is 0 Å². The molecule has 0 amide bonds. The maximum atomic E-state index is 13.6. The Hall–Kier alpha value is -1.53. The number of hydrogen-bond donors (Lipinski definition) is 1. The number of benzene rings is 1. The van der Waals surface area contributed by atoms with E-state index >= 15 is 0 Å². The molecule has 0 bridgehead atoms. The number of thiazole rings is 1. The van der Waals surface area contributed by atoms with Gasteiger partial charge in [0.2, 0.25) is 0 Å². The number of nitrogens with one attached hydrogen (secondary N) is 1. The lowest BCUT2D eigenvalue weighted by Gasteiger charge is -1.99. The minimum atomic E-state index is -0.826. The zero-order valence-electron chi connectivity index (χ0n) is 11.5. The Balaban J connectivity index is 1.74. The van der Waals surface area contributed by atoms with Crippen molar-refractivity contribution in [2.45, 2.75) is 26.3 Å². The first-order valence-electron chi connectivity index (χ1n) is 6.72. The molecule has 6 heteroatoms. The fourth-order valence-electron chi connectivity index (χ4n) is 2.11. The fraction of sp³-hybridized carbons (Fsp3) is 0.267. The Morgan fingerprint density at radius 2 is 2.14 bits per heavy atom. The van der Waals surface area contributed by atoms with Crippen molar-refractivity contribution in [1.29, 1.82) is 0 Å². The molecule has 0 saturated carbocycles. The zero-order chi connectivity index (χ0) is 14.8. The molecule has 110 valence electrons. The summed E-state index contributed by atoms with van der Waals surface area (Å²) in [5.41, 5.74) is 1.83. The Morgan fingerprint density at radius 3 is 2.95 bits per heavy atom. The quantitative estimate of drug-likeness (QED) is 0.697. The molecule has 1 aromatic carbocycles. The Labute approximate surface area is 129 Å². The van der Waals surface area contributed by atoms with E-state index in [2.05, 4.69) is 28.7 Å². The minimum Gasteiger partial charge on any atom is -0.370 e. The van der Waals surface area contributed by atoms with Crippen molar-refractivity contribution in [3.63, 3.8) is 0 Å². The second kappa shape index (κ2) is 6.07. The summed E-state index contributed by atoms with van der Waals surface area (Å²) in [6, 6.07) is 4.75. The van der Waals surface area contributed by atoms with Crippen molar-refractivity contribution in [3.05, 3.63) is 45.8 Å². The number of nitrogens with zero attached hydrogens (tertiary/aromatic N) is 1. The molecule has 2 nitrogen and oxygen atoms in total. The van der Waals surface area contributed by atoms with Gasteiger partial charge in [0.05, 0.1) is 21.8 Å². The normalized spacial score (nSPS) is 11.2. The number of anilines is 1. The van der Waals surface area contributed by atoms with Gasteiger partial charge in [0.25, 0.3) is 0 Å². The van der Waals surface area contributed by atoms with E-state index in [0.717, 1.165) is 28.9 Å². The third-order valence-electron chi connectivity index (χ3n) is 3.10. The molecule has 0 atom stereocenters. The predicted molar refractivity (Wildman–Crippen MR) is 85.2 cm³/mol. The van der Waals surface area contributed by atoms with Gasteiger partial charge in [-0.1, -0.05) is 13.3 Å². The van der Waals surface area contributed by atoms with Gasteiger partial charge in [-0.05, 0) is 35.6 Å². The van der Waals surface area contributed by atoms with Gasteiger partial charge < -0.3 is 5.32 Å². The minimum absolute atomic E-state index is 0.282. The van der Waals surface area contributed by atoms with Gasteiger partial charge in [0, 0.05) is 0 Å². The van der Waals surface area contributed by atoms with Crippen LogP contribution in [0.3, 0.4) is 0 Å². The lowest BCUT2D eigenvalue weighted by molar-refractivity contribution is 0.518. The molecule has 0 aliphatic carbocycles. The van der Waals surface area contributed by atoms with Crippen LogP contribution in [0.1, 0.15) is 23.9 Å². The van der Waals surface area contributed by atoms with E-state index < -0.39 is 11.6 Å². The van der Waals surface area contributed by atoms with Crippen molar-refractivity contribution in [3.8, 4) is 0 Å². The number of halogens is 2. The molecule has 1 N–H and O–H groups in total. The first-order chi connectivity index (χ1) is 10.2. The number of thiophene rings is 1. The number of rotatable bonds is 5. The molecular weight excluding hydrogens is 310 g/mol. The molecule has 0 saturated heterocycles. The van der Waals surface area contributed by atoms with Crippen LogP contribution in [0, 0.1) is 11.6 Å². The second-order valence-electron chi connectivity index (χ2n) is 4.74. The zero-order valence-corrected chi connectivity index (χ0v) is 13.1. The predicted octanol–water partition coefficient (Wildman–Crippen LogP) is 5.20. The summed E-state index contributed by atoms with van der Waals surface area (Å²) < 4.78 is 27.1. The summed E-state index contributed by atoms with van der Waals surface area (Å²) in [5, 5.41) is 7.25. The molecule has 0 aliphatic rings. The van der Waals surface area contributed by atoms with Crippen LogP contribution in [0.15, 0.2) is 23.6 Å². The number of aryl methyl sites for hydroxylation is 1. The maximum Gasteiger partial charge on any atom is 0.178 e. The van der Waals surface area contributed by atoms with Crippen LogP contribution in [0.5, 0.6) is 0 Å². The van der Waals surface area contributed by atoms with Crippen LogP contribution in [0.2, 0.25) is 0 Å². The summed E-state index contributed by atoms with van der Waals surface area (Å²) in [7, 11) is 0. The van der Waals surface area contributed by atoms with Crippen LogP contribution in [-0.2, 0) is 13.0 Å². The highest BCUT2D eigenvalue weighted by Crippen LogP contribution is 2.28. The van der Waals surface area contributed by atoms with E-state index in [1.54, 1.807) is 11.3 Å². The van der Waals surface area contributed by atoms with Gasteiger partial charge in [-0.2, -0.15) is 0 Å². The number of fused-ring (bicyclic) bond motifs is 1. The fourth-order valence-corrected chi connectivity index (χ4v) is 3.88. The Kier molecular flexibility index (Phi) is 4.17. The summed E-state index contributed by atoms with van der Waals surface area (Å²) in [6.45, 7) is 2.67. The van der Waals surface area contributed by atoms with Gasteiger partial charge in [-0.25, -0.2) is 13.8 Å². The van der Waals surface area contributed by atoms with Gasteiger partial charge in [-0.15, -0.1) is 22.7 Å². The van der Waals surface area contributed by atoms with E-state index in [1.165, 1.54) is 23.0 Å². The van der Waals surface area contributed by atoms with Gasteiger partial charge in [0.15, 0.2) is 11.6 Å². The summed E-state index contributed by atoms with van der Waals surface area (Å²) in [5.74, 6) is -1.63. The average Bonchev–Trinajstić information content (AvgIpc) is 3.08. The van der Waals surface area contributed by atoms with Gasteiger partial charge in [-0.3, -0.25) is 0 Å². The first kappa shape index (κ1) is 14.4. The summed E-state index contributed by atoms with van der Waals surface area (Å²) in [6.07, 6.45) is 2.20. The topological polar surface area (TPSA) is 24.9 Å². The monoisotopic (exact) mass is 324 g/mol. The first-order valence-corrected chi connectivity index (χ1v) is 8.41. The molecule has 21 heavy (non-hydrogen) atoms. The third-order valence-corrected chi connectivity index (χ3v) is 5.10. The van der Waals surface area contributed by atoms with Crippen LogP contribution in [-0.4, -0.2) is 4.98 Å². The molecule has 3 aromatic rings. The van der Waals surface area contributed by atoms with E-state index in [0.29, 0.717) is 12.1 Å². The van der Waals surface area contributed by atoms with Crippen molar-refractivity contribution in [2.75, 3.05) is 5.32 Å². The van der Waals surface area contributed by atoms with Crippen LogP contribution >= 0.6 is 22.7 Å². The van der Waals surface area contributed by atoms with Crippen molar-refractivity contribution in [1.82, 2.24) is 4.98 Å². The smallest absolute Gasteiger partial charge is 0.178 e. The summed E-state index contributed by atoms with van der Waals surface area (Å²) in [4.78, 5) is 4.33. The summed E-state index contributed by atoms with van der Waals surface area (Å²) >= 11 is 2.84. The van der Waals surface area contributed by atoms with Crippen LogP contribution in [0.4, 0.5) is 13.8 Å². The van der Waals surface area contributed by atoms with E-state index in [9.17, 15) is 8.78 Å². The van der Waals surface area contributed by atoms with Crippen LogP contribution in [0.25, 0.3) is 10.2 Å². The van der Waals surface area contributed by atoms with E-state index in [1.807, 2.05) is 0 Å². The highest BCUT2D eigenvalue weighted by Gasteiger charge is 2.12. The molecule has 0 unspecified atom stereocenters. The second-order valence-corrected chi connectivity index (χ2v) is 6.73. The SMILES string of the molecule is CCCc1csc(NCc2nc3ccc(F)c(F)c3s2)c1. The van der Waals surface area contributed by atoms with Crippen molar-refractivity contribution in [2.24, 2.45) is 0 Å². The molecule has 0 fully saturated rings. The highest BCUT2D eigenvalue weighted by molar-refractivity contribution is 7.18. The molecule has 0 aliphatic heterocycles. The molecule has 2 aromatic heterocycles. The van der Waals surface area contributed by atoms with Crippen molar-refractivity contribution < 1.29 is 8.78 Å². The highest BCUT2D eigenvalue weighted by atomic mass is 32.1. The number of hydrogen-bond acceptors (Lipinski definition) is 4. The van der Waals surface area contributed by atoms with E-state index in [-0.39, 0.29) is 4.70 Å². The van der Waals surface area contributed by atoms with Gasteiger partial charge in [0.1, 0.15) is 5.01 Å². The number of aromatic nitrogens is 1. The molecule has 3 rings (SSSR count). The molecule has 2 heterocycles. The van der Waals surface area contributed by atoms with E-state index in [4.69, 9.17) is 0 Å². The Morgan fingerprint density at radius 1 is 1.29 bits per heavy atom. The molecular formula is C15H14F2N2S2. The molecule has 0 radical (unpaired) electrons. The standard InChI is InChI=1S/C15H14F2N2S2/c1-2-3-9-6-12(20-8-9)18-7-13-19-11-5-4-10(16)14(17)15(11)21-13/h4-6,8,18H,2-3,7H2,1H3. The van der Waals surface area contributed by atoms with Crippen molar-refractivity contribution >= 4 is 37.9 Å². The largest absolute Gasteiger partial charge is 0.370 e. The third kappa shape index (κ3) is 3.06. The average molecular weight is 324 g/mol. The van der Waals surface area contributed by atoms with Crippen LogP contribution < -0.4 is 5.32 Å². The molecule has 0 spiro atoms. The lowest BCUT2D eigenvalue weighted by atomic mass is 10.2.